The molecule has 0 bridgehead atoms. The highest BCUT2D eigenvalue weighted by atomic mass is 16.1. The maximum Gasteiger partial charge on any atom is 0.119 e. The first-order valence-corrected chi connectivity index (χ1v) is 4.41. The fourth-order valence-electron chi connectivity index (χ4n) is 0.750. The van der Waals surface area contributed by atoms with E-state index in [-0.39, 0.29) is 0 Å². The molecule has 0 radical (unpaired) electrons. The molecular weight excluding hydrogens is 136 g/mol. The standard InChI is InChI=1S/C7H16.C3H6O/c1-5-6-7(2,3)4;1-2-3-4/h5-6H2,1-4H3;3H,2H2,1H3. The van der Waals surface area contributed by atoms with Crippen molar-refractivity contribution in [3.05, 3.63) is 0 Å². The number of rotatable bonds is 2. The third-order valence-electron chi connectivity index (χ3n) is 1.17. The van der Waals surface area contributed by atoms with Crippen LogP contribution < -0.4 is 0 Å². The fourth-order valence-corrected chi connectivity index (χ4v) is 0.750. The quantitative estimate of drug-likeness (QED) is 0.563. The Morgan fingerprint density at radius 3 is 1.55 bits per heavy atom. The van der Waals surface area contributed by atoms with Gasteiger partial charge in [0.2, 0.25) is 0 Å². The molecule has 0 heterocycles. The summed E-state index contributed by atoms with van der Waals surface area (Å²) in [7, 11) is 0. The Balaban J connectivity index is 0. The summed E-state index contributed by atoms with van der Waals surface area (Å²) in [6, 6.07) is 0. The first-order chi connectivity index (χ1) is 4.97. The van der Waals surface area contributed by atoms with E-state index < -0.39 is 0 Å². The zero-order valence-corrected chi connectivity index (χ0v) is 8.61. The summed E-state index contributed by atoms with van der Waals surface area (Å²) < 4.78 is 0. The molecule has 0 aromatic carbocycles. The van der Waals surface area contributed by atoms with Gasteiger partial charge >= 0.3 is 0 Å². The second kappa shape index (κ2) is 7.77. The third-order valence-corrected chi connectivity index (χ3v) is 1.17. The van der Waals surface area contributed by atoms with Crippen molar-refractivity contribution in [3.8, 4) is 0 Å². The molecule has 0 N–H and O–H groups in total. The van der Waals surface area contributed by atoms with Gasteiger partial charge in [-0.3, -0.25) is 0 Å². The lowest BCUT2D eigenvalue weighted by Crippen LogP contribution is -2.02. The van der Waals surface area contributed by atoms with Crippen LogP contribution in [0, 0.1) is 5.41 Å². The van der Waals surface area contributed by atoms with Crippen molar-refractivity contribution >= 4 is 6.29 Å². The van der Waals surface area contributed by atoms with Crippen LogP contribution in [-0.2, 0) is 4.79 Å². The first kappa shape index (κ1) is 13.3. The van der Waals surface area contributed by atoms with Gasteiger partial charge in [0.1, 0.15) is 6.29 Å². The molecule has 0 unspecified atom stereocenters. The van der Waals surface area contributed by atoms with Crippen LogP contribution in [0.2, 0.25) is 0 Å². The normalized spacial score (nSPS) is 9.91. The largest absolute Gasteiger partial charge is 0.303 e. The van der Waals surface area contributed by atoms with Gasteiger partial charge in [-0.05, 0) is 11.8 Å². The van der Waals surface area contributed by atoms with Gasteiger partial charge in [0.05, 0.1) is 0 Å². The van der Waals surface area contributed by atoms with Crippen LogP contribution in [0.5, 0.6) is 0 Å². The van der Waals surface area contributed by atoms with Crippen molar-refractivity contribution in [1.82, 2.24) is 0 Å². The van der Waals surface area contributed by atoms with Crippen molar-refractivity contribution in [3.63, 3.8) is 0 Å². The zero-order valence-electron chi connectivity index (χ0n) is 8.61. The predicted octanol–water partition coefficient (Wildman–Crippen LogP) is 3.43. The Morgan fingerprint density at radius 1 is 1.18 bits per heavy atom. The molecule has 0 saturated heterocycles. The zero-order chi connectivity index (χ0) is 9.33. The molecular formula is C10H22O. The average molecular weight is 158 g/mol. The molecule has 0 aliphatic heterocycles. The predicted molar refractivity (Wildman–Crippen MR) is 50.7 cm³/mol. The van der Waals surface area contributed by atoms with E-state index in [2.05, 4.69) is 27.7 Å². The van der Waals surface area contributed by atoms with Gasteiger partial charge in [-0.15, -0.1) is 0 Å². The molecule has 0 aliphatic carbocycles. The van der Waals surface area contributed by atoms with E-state index in [9.17, 15) is 4.79 Å². The summed E-state index contributed by atoms with van der Waals surface area (Å²) >= 11 is 0. The van der Waals surface area contributed by atoms with Crippen molar-refractivity contribution in [1.29, 1.82) is 0 Å². The summed E-state index contributed by atoms with van der Waals surface area (Å²) in [5, 5.41) is 0. The maximum atomic E-state index is 9.17. The van der Waals surface area contributed by atoms with Crippen LogP contribution in [0.25, 0.3) is 0 Å². The van der Waals surface area contributed by atoms with E-state index >= 15 is 0 Å². The molecule has 0 aromatic rings. The SMILES string of the molecule is CCC=O.CCCC(C)(C)C. The molecule has 1 heteroatoms. The van der Waals surface area contributed by atoms with E-state index in [0.29, 0.717) is 11.8 Å². The molecule has 0 aliphatic rings. The van der Waals surface area contributed by atoms with E-state index in [1.165, 1.54) is 12.8 Å². The Bertz CT molecular complexity index is 79.4. The molecule has 0 spiro atoms. The Kier molecular flexibility index (Phi) is 9.38. The Hall–Kier alpha value is -0.330. The summed E-state index contributed by atoms with van der Waals surface area (Å²) in [6.07, 6.45) is 4.16. The van der Waals surface area contributed by atoms with Gasteiger partial charge in [0, 0.05) is 6.42 Å². The number of aldehydes is 1. The number of carbonyl (C=O) groups is 1. The topological polar surface area (TPSA) is 17.1 Å². The van der Waals surface area contributed by atoms with Crippen LogP contribution >= 0.6 is 0 Å². The van der Waals surface area contributed by atoms with Crippen molar-refractivity contribution < 1.29 is 4.79 Å². The lowest BCUT2D eigenvalue weighted by atomic mass is 9.91. The lowest BCUT2D eigenvalue weighted by Gasteiger charge is -2.15. The second-order valence-electron chi connectivity index (χ2n) is 3.89. The summed E-state index contributed by atoms with van der Waals surface area (Å²) in [5.41, 5.74) is 0.550. The highest BCUT2D eigenvalue weighted by Gasteiger charge is 2.06. The summed E-state index contributed by atoms with van der Waals surface area (Å²) in [4.78, 5) is 9.17. The van der Waals surface area contributed by atoms with Crippen LogP contribution in [0.3, 0.4) is 0 Å². The van der Waals surface area contributed by atoms with E-state index in [4.69, 9.17) is 0 Å². The van der Waals surface area contributed by atoms with Gasteiger partial charge in [-0.2, -0.15) is 0 Å². The highest BCUT2D eigenvalue weighted by Crippen LogP contribution is 2.19. The monoisotopic (exact) mass is 158 g/mol. The van der Waals surface area contributed by atoms with Crippen LogP contribution in [0.4, 0.5) is 0 Å². The lowest BCUT2D eigenvalue weighted by molar-refractivity contribution is -0.107. The van der Waals surface area contributed by atoms with Crippen LogP contribution in [-0.4, -0.2) is 6.29 Å². The minimum Gasteiger partial charge on any atom is -0.303 e. The molecule has 0 aromatic heterocycles. The second-order valence-corrected chi connectivity index (χ2v) is 3.89. The minimum atomic E-state index is 0.550. The first-order valence-electron chi connectivity index (χ1n) is 4.41. The van der Waals surface area contributed by atoms with E-state index in [1.807, 2.05) is 6.92 Å². The smallest absolute Gasteiger partial charge is 0.119 e. The van der Waals surface area contributed by atoms with Gasteiger partial charge in [0.25, 0.3) is 0 Å². The van der Waals surface area contributed by atoms with Crippen molar-refractivity contribution in [2.24, 2.45) is 5.41 Å². The molecule has 0 fully saturated rings. The van der Waals surface area contributed by atoms with Crippen LogP contribution in [0.1, 0.15) is 53.9 Å². The van der Waals surface area contributed by atoms with Crippen LogP contribution in [0.15, 0.2) is 0 Å². The molecule has 0 amide bonds. The molecule has 11 heavy (non-hydrogen) atoms. The Labute approximate surface area is 71.2 Å². The fraction of sp³-hybridized carbons (Fsp3) is 0.900. The van der Waals surface area contributed by atoms with E-state index in [0.717, 1.165) is 6.29 Å². The molecule has 0 rings (SSSR count). The molecule has 1 nitrogen and oxygen atoms in total. The highest BCUT2D eigenvalue weighted by molar-refractivity contribution is 5.48. The number of hydrogen-bond donors (Lipinski definition) is 0. The molecule has 68 valence electrons. The van der Waals surface area contributed by atoms with Gasteiger partial charge in [-0.1, -0.05) is 41.0 Å². The van der Waals surface area contributed by atoms with E-state index in [1.54, 1.807) is 0 Å². The average Bonchev–Trinajstić information content (AvgIpc) is 1.86. The molecule has 0 atom stereocenters. The summed E-state index contributed by atoms with van der Waals surface area (Å²) in [6.45, 7) is 10.9. The van der Waals surface area contributed by atoms with Gasteiger partial charge in [0.15, 0.2) is 0 Å². The van der Waals surface area contributed by atoms with Gasteiger partial charge in [-0.25, -0.2) is 0 Å². The van der Waals surface area contributed by atoms with Crippen molar-refractivity contribution in [2.75, 3.05) is 0 Å². The summed E-state index contributed by atoms with van der Waals surface area (Å²) in [5.74, 6) is 0. The third kappa shape index (κ3) is 26.1. The van der Waals surface area contributed by atoms with Crippen molar-refractivity contribution in [2.45, 2.75) is 53.9 Å². The number of carbonyl (C=O) groups excluding carboxylic acids is 1. The number of hydrogen-bond acceptors (Lipinski definition) is 1. The maximum absolute atomic E-state index is 9.17. The Morgan fingerprint density at radius 2 is 1.55 bits per heavy atom. The van der Waals surface area contributed by atoms with Gasteiger partial charge < -0.3 is 4.79 Å². The molecule has 0 saturated carbocycles. The minimum absolute atomic E-state index is 0.550.